The summed E-state index contributed by atoms with van der Waals surface area (Å²) in [4.78, 5) is 15.1. The summed E-state index contributed by atoms with van der Waals surface area (Å²) < 4.78 is 0. The molecule has 0 aromatic heterocycles. The Bertz CT molecular complexity index is 455. The second-order valence-corrected chi connectivity index (χ2v) is 7.76. The Labute approximate surface area is 130 Å². The number of nitrogens with one attached hydrogen (secondary N) is 2. The van der Waals surface area contributed by atoms with Crippen molar-refractivity contribution in [3.63, 3.8) is 0 Å². The molecule has 0 saturated carbocycles. The van der Waals surface area contributed by atoms with Gasteiger partial charge in [-0.25, -0.2) is 0 Å². The predicted octanol–water partition coefficient (Wildman–Crippen LogP) is -4.83. The van der Waals surface area contributed by atoms with E-state index in [-0.39, 0.29) is 17.0 Å². The molecular weight excluding hydrogens is 288 g/mol. The average Bonchev–Trinajstić information content (AvgIpc) is 2.49. The zero-order valence-electron chi connectivity index (χ0n) is 13.2. The minimum Gasteiger partial charge on any atom is -0.394 e. The number of carbonyl (C=O) groups is 1. The molecule has 22 heavy (non-hydrogen) atoms. The highest BCUT2D eigenvalue weighted by molar-refractivity contribution is 5.91. The maximum atomic E-state index is 12.8. The Hall–Kier alpha value is -0.570. The number of quaternary nitrogens is 2. The number of piperidine rings is 2. The highest BCUT2D eigenvalue weighted by Crippen LogP contribution is 2.37. The van der Waals surface area contributed by atoms with Gasteiger partial charge in [-0.05, 0) is 13.3 Å². The number of ketones is 1. The van der Waals surface area contributed by atoms with Gasteiger partial charge < -0.3 is 20.4 Å². The van der Waals surface area contributed by atoms with Gasteiger partial charge >= 0.3 is 0 Å². The van der Waals surface area contributed by atoms with Crippen LogP contribution in [0.3, 0.4) is 0 Å². The third-order valence-corrected chi connectivity index (χ3v) is 6.22. The molecule has 7 heteroatoms. The fourth-order valence-electron chi connectivity index (χ4n) is 5.24. The van der Waals surface area contributed by atoms with Crippen molar-refractivity contribution in [2.24, 2.45) is 10.8 Å². The van der Waals surface area contributed by atoms with Gasteiger partial charge in [0.1, 0.15) is 36.1 Å². The van der Waals surface area contributed by atoms with Crippen LogP contribution in [0.15, 0.2) is 0 Å². The topological polar surface area (TPSA) is 107 Å². The summed E-state index contributed by atoms with van der Waals surface area (Å²) >= 11 is 0. The molecule has 0 aliphatic carbocycles. The Morgan fingerprint density at radius 3 is 2.18 bits per heavy atom. The third kappa shape index (κ3) is 2.07. The van der Waals surface area contributed by atoms with Gasteiger partial charge in [0.05, 0.1) is 19.7 Å². The first-order chi connectivity index (χ1) is 10.3. The van der Waals surface area contributed by atoms with Gasteiger partial charge in [0.2, 0.25) is 6.17 Å². The quantitative estimate of drug-likeness (QED) is 0.305. The lowest BCUT2D eigenvalue weighted by atomic mass is 9.60. The van der Waals surface area contributed by atoms with Crippen LogP contribution in [-0.4, -0.2) is 83.5 Å². The molecule has 0 aromatic carbocycles. The fourth-order valence-corrected chi connectivity index (χ4v) is 5.24. The van der Waals surface area contributed by atoms with Crippen molar-refractivity contribution in [1.29, 1.82) is 0 Å². The van der Waals surface area contributed by atoms with Crippen molar-refractivity contribution in [2.45, 2.75) is 44.7 Å². The monoisotopic (exact) mass is 316 g/mol. The summed E-state index contributed by atoms with van der Waals surface area (Å²) in [5.41, 5.74) is -0.666. The maximum absolute atomic E-state index is 12.8. The van der Waals surface area contributed by atoms with E-state index in [1.807, 2.05) is 13.8 Å². The van der Waals surface area contributed by atoms with Crippen molar-refractivity contribution in [3.05, 3.63) is 0 Å². The molecule has 4 saturated heterocycles. The van der Waals surface area contributed by atoms with Gasteiger partial charge in [-0.1, -0.05) is 6.92 Å². The van der Waals surface area contributed by atoms with E-state index in [4.69, 9.17) is 5.11 Å². The van der Waals surface area contributed by atoms with E-state index < -0.39 is 24.9 Å². The largest absolute Gasteiger partial charge is 0.394 e. The van der Waals surface area contributed by atoms with Gasteiger partial charge in [-0.3, -0.25) is 14.6 Å². The standard InChI is InChI=1S/C15H26N2O5/c1-3-15-7-16-5-14(2,13(15)22)6-17(8-15)12(16)11(21)10(20)9(19)4-18/h9-12,18-21H,3-8H2,1-2H3/p+2/t9-,10-,11-,12?,14?,15?/m1/s1. The zero-order valence-corrected chi connectivity index (χ0v) is 13.2. The Balaban J connectivity index is 1.86. The molecule has 4 aliphatic rings. The van der Waals surface area contributed by atoms with Crippen LogP contribution in [0.25, 0.3) is 0 Å². The summed E-state index contributed by atoms with van der Waals surface area (Å²) in [6.45, 7) is 6.19. The summed E-state index contributed by atoms with van der Waals surface area (Å²) in [7, 11) is 0. The SMILES string of the molecule is CCC12C[NH+]3CC(C)(C[NH+](C1)C3[C@H](O)[C@H](O)[C@H](O)CO)C2=O. The highest BCUT2D eigenvalue weighted by atomic mass is 16.4. The van der Waals surface area contributed by atoms with E-state index in [0.29, 0.717) is 32.0 Å². The minimum absolute atomic E-state index is 0.253. The van der Waals surface area contributed by atoms with Crippen LogP contribution in [0.1, 0.15) is 20.3 Å². The molecule has 4 aliphatic heterocycles. The van der Waals surface area contributed by atoms with E-state index in [2.05, 4.69) is 0 Å². The molecule has 7 nitrogen and oxygen atoms in total. The van der Waals surface area contributed by atoms with E-state index in [0.717, 1.165) is 16.2 Å². The molecule has 0 amide bonds. The smallest absolute Gasteiger partial charge is 0.242 e. The summed E-state index contributed by atoms with van der Waals surface area (Å²) in [6, 6.07) is 0. The van der Waals surface area contributed by atoms with Gasteiger partial charge in [0.25, 0.3) is 0 Å². The van der Waals surface area contributed by atoms with Crippen LogP contribution in [0.5, 0.6) is 0 Å². The van der Waals surface area contributed by atoms with Crippen molar-refractivity contribution < 1.29 is 35.0 Å². The number of hydrogen-bond donors (Lipinski definition) is 6. The van der Waals surface area contributed by atoms with E-state index in [1.54, 1.807) is 0 Å². The van der Waals surface area contributed by atoms with Gasteiger partial charge in [-0.15, -0.1) is 0 Å². The maximum Gasteiger partial charge on any atom is 0.242 e. The lowest BCUT2D eigenvalue weighted by Gasteiger charge is -2.60. The number of aliphatic hydroxyl groups is 4. The number of hydrogen-bond acceptors (Lipinski definition) is 5. The van der Waals surface area contributed by atoms with Gasteiger partial charge in [0.15, 0.2) is 11.9 Å². The third-order valence-electron chi connectivity index (χ3n) is 6.22. The lowest BCUT2D eigenvalue weighted by Crippen LogP contribution is -3.46. The molecule has 126 valence electrons. The molecule has 6 N–H and O–H groups in total. The second-order valence-electron chi connectivity index (χ2n) is 7.76. The van der Waals surface area contributed by atoms with Crippen LogP contribution in [0.2, 0.25) is 0 Å². The second kappa shape index (κ2) is 5.22. The summed E-state index contributed by atoms with van der Waals surface area (Å²) in [5, 5.41) is 39.2. The molecule has 0 radical (unpaired) electrons. The molecule has 4 heterocycles. The first-order valence-electron chi connectivity index (χ1n) is 8.17. The van der Waals surface area contributed by atoms with Crippen molar-refractivity contribution in [3.8, 4) is 0 Å². The van der Waals surface area contributed by atoms with Crippen LogP contribution in [0, 0.1) is 10.8 Å². The number of rotatable bonds is 5. The zero-order chi connectivity index (χ0) is 16.3. The molecule has 4 fully saturated rings. The highest BCUT2D eigenvalue weighted by Gasteiger charge is 2.70. The van der Waals surface area contributed by atoms with Crippen LogP contribution < -0.4 is 9.80 Å². The van der Waals surface area contributed by atoms with Gasteiger partial charge in [-0.2, -0.15) is 0 Å². The normalized spacial score (nSPS) is 47.5. The van der Waals surface area contributed by atoms with Crippen molar-refractivity contribution in [1.82, 2.24) is 0 Å². The van der Waals surface area contributed by atoms with Gasteiger partial charge in [0, 0.05) is 0 Å². The van der Waals surface area contributed by atoms with Crippen LogP contribution in [0.4, 0.5) is 0 Å². The minimum atomic E-state index is -1.37. The van der Waals surface area contributed by atoms with Crippen molar-refractivity contribution in [2.75, 3.05) is 32.8 Å². The molecule has 0 spiro atoms. The van der Waals surface area contributed by atoms with Crippen LogP contribution in [-0.2, 0) is 4.79 Å². The first kappa shape index (κ1) is 16.3. The molecule has 2 unspecified atom stereocenters. The molecule has 4 rings (SSSR count). The van der Waals surface area contributed by atoms with E-state index in [1.165, 1.54) is 0 Å². The predicted molar refractivity (Wildman–Crippen MR) is 76.1 cm³/mol. The lowest BCUT2D eigenvalue weighted by molar-refractivity contribution is -1.17. The molecular formula is C15H28N2O5+2. The Kier molecular flexibility index (Phi) is 3.87. The Morgan fingerprint density at radius 2 is 1.73 bits per heavy atom. The molecule has 0 aromatic rings. The molecule has 4 bridgehead atoms. The number of Topliss-reactive ketones (excluding diaryl/α,β-unsaturated/α-hetero) is 1. The fraction of sp³-hybridized carbons (Fsp3) is 0.933. The number of carbonyl (C=O) groups excluding carboxylic acids is 1. The summed E-state index contributed by atoms with van der Waals surface area (Å²) in [5.74, 6) is 0.360. The van der Waals surface area contributed by atoms with Crippen LogP contribution >= 0.6 is 0 Å². The van der Waals surface area contributed by atoms with Crippen molar-refractivity contribution >= 4 is 5.78 Å². The van der Waals surface area contributed by atoms with E-state index >= 15 is 0 Å². The molecule has 5 atom stereocenters. The number of aliphatic hydroxyl groups excluding tert-OH is 4. The van der Waals surface area contributed by atoms with E-state index in [9.17, 15) is 20.1 Å². The Morgan fingerprint density at radius 1 is 1.18 bits per heavy atom. The summed E-state index contributed by atoms with van der Waals surface area (Å²) in [6.07, 6.45) is -3.27. The first-order valence-corrected chi connectivity index (χ1v) is 8.17. The average molecular weight is 316 g/mol.